The maximum Gasteiger partial charge on any atom is 0.123 e. The molecule has 1 fully saturated rings. The van der Waals surface area contributed by atoms with Crippen LogP contribution >= 0.6 is 0 Å². The van der Waals surface area contributed by atoms with Crippen LogP contribution < -0.4 is 0 Å². The van der Waals surface area contributed by atoms with Gasteiger partial charge in [-0.05, 0) is 29.2 Å². The molecule has 198 valence electrons. The van der Waals surface area contributed by atoms with Crippen molar-refractivity contribution in [3.8, 4) is 5.75 Å². The summed E-state index contributed by atoms with van der Waals surface area (Å²) in [5.41, 5.74) is 5.79. The SMILES string of the molecule is CC(C)(c1ccccc1)c1cc(C(C)(C)c2ccccc2)c(O)c(C(C)(C)c2ccccc2)c1.CC1CO1. The van der Waals surface area contributed by atoms with Crippen LogP contribution in [0.2, 0.25) is 0 Å². The van der Waals surface area contributed by atoms with Gasteiger partial charge >= 0.3 is 0 Å². The second-order valence-corrected chi connectivity index (χ2v) is 12.0. The van der Waals surface area contributed by atoms with E-state index in [1.54, 1.807) is 0 Å². The van der Waals surface area contributed by atoms with Crippen LogP contribution in [0.5, 0.6) is 5.75 Å². The van der Waals surface area contributed by atoms with Gasteiger partial charge in [0.05, 0.1) is 12.7 Å². The summed E-state index contributed by atoms with van der Waals surface area (Å²) in [6.45, 7) is 16.4. The molecule has 0 bridgehead atoms. The van der Waals surface area contributed by atoms with Crippen LogP contribution in [0.25, 0.3) is 0 Å². The van der Waals surface area contributed by atoms with E-state index in [2.05, 4.69) is 139 Å². The Morgan fingerprint density at radius 3 is 1.13 bits per heavy atom. The molecule has 1 unspecified atom stereocenters. The molecule has 2 heteroatoms. The minimum atomic E-state index is -0.365. The summed E-state index contributed by atoms with van der Waals surface area (Å²) in [5.74, 6) is 0.385. The minimum absolute atomic E-state index is 0.224. The Kier molecular flexibility index (Phi) is 7.85. The number of hydrogen-bond donors (Lipinski definition) is 1. The molecule has 1 aliphatic rings. The molecule has 0 aromatic heterocycles. The van der Waals surface area contributed by atoms with E-state index in [1.807, 2.05) is 12.1 Å². The molecule has 38 heavy (non-hydrogen) atoms. The van der Waals surface area contributed by atoms with Gasteiger partial charge in [-0.2, -0.15) is 0 Å². The fourth-order valence-electron chi connectivity index (χ4n) is 5.09. The normalized spacial score (nSPS) is 15.4. The molecular formula is C36H42O2. The van der Waals surface area contributed by atoms with Crippen LogP contribution in [0.15, 0.2) is 103 Å². The molecule has 0 amide bonds. The van der Waals surface area contributed by atoms with E-state index in [0.29, 0.717) is 11.9 Å². The van der Waals surface area contributed by atoms with E-state index in [-0.39, 0.29) is 16.2 Å². The summed E-state index contributed by atoms with van der Waals surface area (Å²) < 4.78 is 4.71. The summed E-state index contributed by atoms with van der Waals surface area (Å²) in [4.78, 5) is 0. The molecule has 4 aromatic carbocycles. The minimum Gasteiger partial charge on any atom is -0.507 e. The van der Waals surface area contributed by atoms with E-state index < -0.39 is 0 Å². The fraction of sp³-hybridized carbons (Fsp3) is 0.333. The molecule has 1 N–H and O–H groups in total. The number of phenolic OH excluding ortho intramolecular Hbond substituents is 1. The quantitative estimate of drug-likeness (QED) is 0.265. The van der Waals surface area contributed by atoms with Crippen LogP contribution in [0, 0.1) is 0 Å². The predicted octanol–water partition coefficient (Wildman–Crippen LogP) is 8.78. The third kappa shape index (κ3) is 5.71. The van der Waals surface area contributed by atoms with Gasteiger partial charge in [-0.1, -0.05) is 145 Å². The lowest BCUT2D eigenvalue weighted by molar-refractivity contribution is 0.423. The van der Waals surface area contributed by atoms with Gasteiger partial charge in [0.1, 0.15) is 5.75 Å². The molecule has 0 aliphatic carbocycles. The van der Waals surface area contributed by atoms with Gasteiger partial charge in [0.25, 0.3) is 0 Å². The molecule has 1 heterocycles. The van der Waals surface area contributed by atoms with Crippen molar-refractivity contribution in [2.75, 3.05) is 6.61 Å². The lowest BCUT2D eigenvalue weighted by Crippen LogP contribution is -2.27. The number of phenols is 1. The Morgan fingerprint density at radius 1 is 0.553 bits per heavy atom. The van der Waals surface area contributed by atoms with Crippen molar-refractivity contribution >= 4 is 0 Å². The first-order valence-corrected chi connectivity index (χ1v) is 13.6. The number of benzene rings is 4. The maximum absolute atomic E-state index is 11.8. The summed E-state index contributed by atoms with van der Waals surface area (Å²) in [5, 5.41) is 11.8. The molecule has 4 aromatic rings. The van der Waals surface area contributed by atoms with Gasteiger partial charge in [0, 0.05) is 27.4 Å². The van der Waals surface area contributed by atoms with Crippen LogP contribution in [-0.4, -0.2) is 17.8 Å². The molecule has 5 rings (SSSR count). The molecule has 0 saturated carbocycles. The number of rotatable bonds is 6. The number of hydrogen-bond acceptors (Lipinski definition) is 2. The Hall–Kier alpha value is -3.36. The highest BCUT2D eigenvalue weighted by Crippen LogP contribution is 2.47. The van der Waals surface area contributed by atoms with E-state index in [1.165, 1.54) is 22.3 Å². The molecular weight excluding hydrogens is 464 g/mol. The highest BCUT2D eigenvalue weighted by atomic mass is 16.6. The van der Waals surface area contributed by atoms with Crippen LogP contribution in [0.1, 0.15) is 81.8 Å². The lowest BCUT2D eigenvalue weighted by atomic mass is 9.68. The van der Waals surface area contributed by atoms with Gasteiger partial charge in [0.2, 0.25) is 0 Å². The molecule has 1 atom stereocenters. The molecule has 2 nitrogen and oxygen atoms in total. The summed E-state index contributed by atoms with van der Waals surface area (Å²) in [6, 6.07) is 36.0. The summed E-state index contributed by atoms with van der Waals surface area (Å²) in [7, 11) is 0. The molecule has 1 saturated heterocycles. The van der Waals surface area contributed by atoms with Crippen molar-refractivity contribution in [1.82, 2.24) is 0 Å². The van der Waals surface area contributed by atoms with Crippen molar-refractivity contribution < 1.29 is 9.84 Å². The maximum atomic E-state index is 11.8. The lowest BCUT2D eigenvalue weighted by Gasteiger charge is -2.36. The number of epoxide rings is 1. The van der Waals surface area contributed by atoms with Crippen molar-refractivity contribution in [3.05, 3.63) is 137 Å². The van der Waals surface area contributed by atoms with Gasteiger partial charge in [0.15, 0.2) is 0 Å². The Labute approximate surface area is 229 Å². The Bertz CT molecular complexity index is 1260. The zero-order valence-electron chi connectivity index (χ0n) is 24.0. The van der Waals surface area contributed by atoms with Crippen LogP contribution in [0.3, 0.4) is 0 Å². The first kappa shape index (κ1) is 27.7. The van der Waals surface area contributed by atoms with Crippen molar-refractivity contribution in [2.45, 2.75) is 70.8 Å². The number of aromatic hydroxyl groups is 1. The zero-order valence-corrected chi connectivity index (χ0v) is 24.0. The van der Waals surface area contributed by atoms with Gasteiger partial charge in [-0.15, -0.1) is 0 Å². The smallest absolute Gasteiger partial charge is 0.123 e. The van der Waals surface area contributed by atoms with Gasteiger partial charge in [-0.25, -0.2) is 0 Å². The third-order valence-corrected chi connectivity index (χ3v) is 8.16. The van der Waals surface area contributed by atoms with Crippen molar-refractivity contribution in [1.29, 1.82) is 0 Å². The van der Waals surface area contributed by atoms with Crippen LogP contribution in [-0.2, 0) is 21.0 Å². The molecule has 0 radical (unpaired) electrons. The summed E-state index contributed by atoms with van der Waals surface area (Å²) in [6.07, 6.45) is 0.583. The summed E-state index contributed by atoms with van der Waals surface area (Å²) >= 11 is 0. The second-order valence-electron chi connectivity index (χ2n) is 12.0. The van der Waals surface area contributed by atoms with Crippen LogP contribution in [0.4, 0.5) is 0 Å². The van der Waals surface area contributed by atoms with Gasteiger partial charge in [-0.3, -0.25) is 0 Å². The first-order valence-electron chi connectivity index (χ1n) is 13.6. The largest absolute Gasteiger partial charge is 0.507 e. The highest BCUT2D eigenvalue weighted by molar-refractivity contribution is 5.58. The predicted molar refractivity (Wildman–Crippen MR) is 159 cm³/mol. The average molecular weight is 507 g/mol. The van der Waals surface area contributed by atoms with Gasteiger partial charge < -0.3 is 9.84 Å². The number of ether oxygens (including phenoxy) is 1. The van der Waals surface area contributed by atoms with E-state index in [0.717, 1.165) is 17.7 Å². The second kappa shape index (κ2) is 10.8. The fourth-order valence-corrected chi connectivity index (χ4v) is 5.09. The molecule has 1 aliphatic heterocycles. The molecule has 0 spiro atoms. The van der Waals surface area contributed by atoms with E-state index >= 15 is 0 Å². The average Bonchev–Trinajstić information content (AvgIpc) is 3.72. The first-order chi connectivity index (χ1) is 18.0. The highest BCUT2D eigenvalue weighted by Gasteiger charge is 2.36. The third-order valence-electron chi connectivity index (χ3n) is 8.16. The Morgan fingerprint density at radius 2 is 0.842 bits per heavy atom. The van der Waals surface area contributed by atoms with Crippen molar-refractivity contribution in [3.63, 3.8) is 0 Å². The topological polar surface area (TPSA) is 32.8 Å². The van der Waals surface area contributed by atoms with E-state index in [9.17, 15) is 5.11 Å². The van der Waals surface area contributed by atoms with E-state index in [4.69, 9.17) is 4.74 Å². The monoisotopic (exact) mass is 506 g/mol. The zero-order chi connectivity index (χ0) is 27.6. The van der Waals surface area contributed by atoms with Crippen molar-refractivity contribution in [2.24, 2.45) is 0 Å². The Balaban J connectivity index is 0.000000768. The standard InChI is InChI=1S/C33H36O.C3H6O/c1-31(2,24-16-10-7-11-17-24)27-22-28(32(3,4)25-18-12-8-13-19-25)30(34)29(23-27)33(5,6)26-20-14-9-15-21-26;1-3-2-4-3/h7-23,34H,1-6H3;3H,2H2,1H3.